The number of nitrogen functional groups attached to an aromatic ring is 1. The van der Waals surface area contributed by atoms with E-state index in [1.807, 2.05) is 6.07 Å². The zero-order valence-electron chi connectivity index (χ0n) is 18.3. The molecule has 0 aliphatic carbocycles. The molecule has 2 aromatic carbocycles. The molecule has 0 unspecified atom stereocenters. The average Bonchev–Trinajstić information content (AvgIpc) is 3.39. The smallest absolute Gasteiger partial charge is 0.163 e. The summed E-state index contributed by atoms with van der Waals surface area (Å²) < 4.78 is 2.24. The van der Waals surface area contributed by atoms with Gasteiger partial charge < -0.3 is 15.2 Å². The molecule has 3 heterocycles. The van der Waals surface area contributed by atoms with Crippen molar-refractivity contribution in [3.63, 3.8) is 0 Å². The molecule has 0 amide bonds. The van der Waals surface area contributed by atoms with Gasteiger partial charge in [-0.25, -0.2) is 0 Å². The Kier molecular flexibility index (Phi) is 5.39. The zero-order valence-corrected chi connectivity index (χ0v) is 18.3. The minimum absolute atomic E-state index is 0.231. The van der Waals surface area contributed by atoms with Crippen molar-refractivity contribution in [3.8, 4) is 17.3 Å². The second-order valence-corrected chi connectivity index (χ2v) is 8.58. The number of likely N-dealkylation sites (N-methyl/N-ethyl adjacent to an activating group) is 1. The van der Waals surface area contributed by atoms with Crippen LogP contribution in [0.2, 0.25) is 0 Å². The van der Waals surface area contributed by atoms with Crippen molar-refractivity contribution >= 4 is 16.7 Å². The van der Waals surface area contributed by atoms with Gasteiger partial charge in [0.15, 0.2) is 5.82 Å². The van der Waals surface area contributed by atoms with Gasteiger partial charge in [0.2, 0.25) is 0 Å². The fourth-order valence-corrected chi connectivity index (χ4v) is 4.37. The Morgan fingerprint density at radius 2 is 1.72 bits per heavy atom. The van der Waals surface area contributed by atoms with E-state index in [1.165, 1.54) is 11.1 Å². The summed E-state index contributed by atoms with van der Waals surface area (Å²) in [5.41, 5.74) is 11.5. The number of nitrogens with one attached hydrogen (secondary N) is 1. The number of rotatable bonds is 5. The molecule has 1 fully saturated rings. The molecule has 0 atom stereocenters. The molecule has 0 spiro atoms. The first-order valence-electron chi connectivity index (χ1n) is 10.9. The highest BCUT2D eigenvalue weighted by Crippen LogP contribution is 2.28. The van der Waals surface area contributed by atoms with Crippen LogP contribution < -0.4 is 5.73 Å². The molecule has 1 aliphatic rings. The number of nitrogens with zero attached hydrogens (tertiary/aromatic N) is 5. The van der Waals surface area contributed by atoms with Gasteiger partial charge in [0.25, 0.3) is 0 Å². The molecule has 0 bridgehead atoms. The van der Waals surface area contributed by atoms with Gasteiger partial charge in [-0.1, -0.05) is 36.4 Å². The Balaban J connectivity index is 1.34. The lowest BCUT2D eigenvalue weighted by molar-refractivity contribution is 0.148. The van der Waals surface area contributed by atoms with Crippen LogP contribution in [0, 0.1) is 11.3 Å². The number of nitriles is 1. The molecule has 162 valence electrons. The van der Waals surface area contributed by atoms with Crippen LogP contribution in [-0.2, 0) is 13.1 Å². The van der Waals surface area contributed by atoms with Crippen LogP contribution in [0.1, 0.15) is 16.7 Å². The highest BCUT2D eigenvalue weighted by molar-refractivity contribution is 5.86. The third kappa shape index (κ3) is 3.98. The van der Waals surface area contributed by atoms with Gasteiger partial charge in [0.05, 0.1) is 5.69 Å². The van der Waals surface area contributed by atoms with Crippen molar-refractivity contribution < 1.29 is 0 Å². The normalized spacial score (nSPS) is 15.2. The zero-order chi connectivity index (χ0) is 22.1. The topological polar surface area (TPSA) is 89.9 Å². The highest BCUT2D eigenvalue weighted by Gasteiger charge is 2.15. The lowest BCUT2D eigenvalue weighted by Gasteiger charge is -2.32. The number of nitrogens with two attached hydrogens (primary N) is 1. The van der Waals surface area contributed by atoms with E-state index in [0.29, 0.717) is 11.3 Å². The number of aromatic nitrogens is 3. The monoisotopic (exact) mass is 425 g/mol. The van der Waals surface area contributed by atoms with Crippen LogP contribution in [0.4, 0.5) is 5.82 Å². The Morgan fingerprint density at radius 3 is 2.44 bits per heavy atom. The predicted molar refractivity (Wildman–Crippen MR) is 127 cm³/mol. The van der Waals surface area contributed by atoms with Crippen molar-refractivity contribution in [2.75, 3.05) is 39.0 Å². The van der Waals surface area contributed by atoms with Crippen LogP contribution in [0.25, 0.3) is 22.2 Å². The van der Waals surface area contributed by atoms with Crippen molar-refractivity contribution in [3.05, 3.63) is 71.4 Å². The molecule has 7 nitrogen and oxygen atoms in total. The summed E-state index contributed by atoms with van der Waals surface area (Å²) in [7, 11) is 2.19. The van der Waals surface area contributed by atoms with Gasteiger partial charge >= 0.3 is 0 Å². The summed E-state index contributed by atoms with van der Waals surface area (Å²) in [6.07, 6.45) is 2.11. The summed E-state index contributed by atoms with van der Waals surface area (Å²) in [4.78, 5) is 4.91. The van der Waals surface area contributed by atoms with Crippen LogP contribution in [-0.4, -0.2) is 57.8 Å². The van der Waals surface area contributed by atoms with Crippen LogP contribution in [0.3, 0.4) is 0 Å². The summed E-state index contributed by atoms with van der Waals surface area (Å²) in [6, 6.07) is 19.4. The number of hydrogen-bond donors (Lipinski definition) is 2. The Bertz CT molecular complexity index is 1270. The summed E-state index contributed by atoms with van der Waals surface area (Å²) in [5, 5.41) is 17.5. The van der Waals surface area contributed by atoms with Crippen molar-refractivity contribution in [1.82, 2.24) is 24.6 Å². The molecule has 1 saturated heterocycles. The Morgan fingerprint density at radius 1 is 1.00 bits per heavy atom. The van der Waals surface area contributed by atoms with E-state index < -0.39 is 0 Å². The molecular weight excluding hydrogens is 398 g/mol. The SMILES string of the molecule is CN1CCN(Cc2ccc(Cn3ccc4ccc(-c5[nH]nc(N)c5C#N)cc43)cc2)CC1. The predicted octanol–water partition coefficient (Wildman–Crippen LogP) is 3.28. The fourth-order valence-electron chi connectivity index (χ4n) is 4.37. The number of hydrogen-bond acceptors (Lipinski definition) is 5. The molecule has 0 radical (unpaired) electrons. The standard InChI is InChI=1S/C25H27N7/c1-30-10-12-31(13-11-30)16-18-2-4-19(5-3-18)17-32-9-8-20-6-7-21(14-23(20)32)24-22(15-26)25(27)29-28-24/h2-9,14H,10-13,16-17H2,1H3,(H3,27,28,29). The minimum atomic E-state index is 0.231. The lowest BCUT2D eigenvalue weighted by Crippen LogP contribution is -2.43. The van der Waals surface area contributed by atoms with E-state index >= 15 is 0 Å². The summed E-state index contributed by atoms with van der Waals surface area (Å²) in [6.45, 7) is 6.34. The van der Waals surface area contributed by atoms with E-state index in [9.17, 15) is 5.26 Å². The molecule has 4 aromatic rings. The molecule has 5 rings (SSSR count). The highest BCUT2D eigenvalue weighted by atomic mass is 15.2. The molecule has 0 saturated carbocycles. The van der Waals surface area contributed by atoms with E-state index in [-0.39, 0.29) is 5.82 Å². The van der Waals surface area contributed by atoms with E-state index in [0.717, 1.165) is 55.7 Å². The molecule has 32 heavy (non-hydrogen) atoms. The third-order valence-electron chi connectivity index (χ3n) is 6.35. The summed E-state index contributed by atoms with van der Waals surface area (Å²) in [5.74, 6) is 0.231. The van der Waals surface area contributed by atoms with Crippen molar-refractivity contribution in [2.24, 2.45) is 0 Å². The number of aromatic amines is 1. The van der Waals surface area contributed by atoms with Gasteiger partial charge in [0, 0.05) is 56.5 Å². The van der Waals surface area contributed by atoms with Gasteiger partial charge in [-0.15, -0.1) is 0 Å². The first-order chi connectivity index (χ1) is 15.6. The van der Waals surface area contributed by atoms with Gasteiger partial charge in [-0.2, -0.15) is 10.4 Å². The maximum atomic E-state index is 9.41. The number of benzene rings is 2. The number of H-pyrrole nitrogens is 1. The molecule has 2 aromatic heterocycles. The third-order valence-corrected chi connectivity index (χ3v) is 6.35. The first kappa shape index (κ1) is 20.3. The van der Waals surface area contributed by atoms with E-state index in [1.54, 1.807) is 0 Å². The van der Waals surface area contributed by atoms with Crippen molar-refractivity contribution in [2.45, 2.75) is 13.1 Å². The van der Waals surface area contributed by atoms with Crippen LogP contribution in [0.15, 0.2) is 54.7 Å². The van der Waals surface area contributed by atoms with Crippen LogP contribution >= 0.6 is 0 Å². The molecule has 1 aliphatic heterocycles. The minimum Gasteiger partial charge on any atom is -0.381 e. The second kappa shape index (κ2) is 8.50. The maximum Gasteiger partial charge on any atom is 0.163 e. The Labute approximate surface area is 187 Å². The first-order valence-corrected chi connectivity index (χ1v) is 10.9. The lowest BCUT2D eigenvalue weighted by atomic mass is 10.1. The molecular formula is C25H27N7. The maximum absolute atomic E-state index is 9.41. The summed E-state index contributed by atoms with van der Waals surface area (Å²) >= 11 is 0. The average molecular weight is 426 g/mol. The Hall–Kier alpha value is -3.60. The quantitative estimate of drug-likeness (QED) is 0.512. The van der Waals surface area contributed by atoms with E-state index in [2.05, 4.69) is 86.3 Å². The number of anilines is 1. The van der Waals surface area contributed by atoms with Gasteiger partial charge in [-0.05, 0) is 35.7 Å². The molecule has 7 heteroatoms. The van der Waals surface area contributed by atoms with Gasteiger partial charge in [0.1, 0.15) is 11.6 Å². The fraction of sp³-hybridized carbons (Fsp3) is 0.280. The van der Waals surface area contributed by atoms with Crippen molar-refractivity contribution in [1.29, 1.82) is 5.26 Å². The van der Waals surface area contributed by atoms with Gasteiger partial charge in [-0.3, -0.25) is 10.00 Å². The molecule has 3 N–H and O–H groups in total. The largest absolute Gasteiger partial charge is 0.381 e. The van der Waals surface area contributed by atoms with Crippen LogP contribution in [0.5, 0.6) is 0 Å². The number of fused-ring (bicyclic) bond motifs is 1. The number of piperazine rings is 1. The second-order valence-electron chi connectivity index (χ2n) is 8.58. The van der Waals surface area contributed by atoms with E-state index in [4.69, 9.17) is 5.73 Å².